The van der Waals surface area contributed by atoms with Crippen LogP contribution in [-0.4, -0.2) is 36.3 Å². The summed E-state index contributed by atoms with van der Waals surface area (Å²) in [5, 5.41) is 17.9. The lowest BCUT2D eigenvalue weighted by atomic mass is 10.0. The summed E-state index contributed by atoms with van der Waals surface area (Å²) in [5.41, 5.74) is 2.68. The predicted molar refractivity (Wildman–Crippen MR) is 81.8 cm³/mol. The average Bonchev–Trinajstić information content (AvgIpc) is 3.33. The lowest BCUT2D eigenvalue weighted by molar-refractivity contribution is 0.0926. The Morgan fingerprint density at radius 2 is 2.42 bits per heavy atom. The number of nitrogens with one attached hydrogen (secondary N) is 1. The number of tetrazole rings is 1. The van der Waals surface area contributed by atoms with Gasteiger partial charge in [0.25, 0.3) is 11.7 Å². The molecule has 0 saturated carbocycles. The second-order valence-electron chi connectivity index (χ2n) is 5.50. The number of rotatable bonds is 3. The van der Waals surface area contributed by atoms with Gasteiger partial charge in [0.1, 0.15) is 0 Å². The Morgan fingerprint density at radius 1 is 1.50 bits per heavy atom. The van der Waals surface area contributed by atoms with Gasteiger partial charge in [-0.15, -0.1) is 10.2 Å². The molecule has 0 aliphatic heterocycles. The van der Waals surface area contributed by atoms with Crippen LogP contribution in [0, 0.1) is 6.85 Å². The van der Waals surface area contributed by atoms with Crippen LogP contribution in [-0.2, 0) is 13.5 Å². The standard InChI is InChI=1S/C15H15N7O2/c1-8-16-13(20-24-8)10-3-5-11-9(7-10)4-6-12(11)17-15(23)14-18-21-22(2)19-14/h3,5,7,12H,4,6H2,1-2H3,(H,17,23)/t12-/m1/s1/i1D3. The van der Waals surface area contributed by atoms with Crippen molar-refractivity contribution >= 4 is 5.91 Å². The van der Waals surface area contributed by atoms with Crippen LogP contribution in [0.15, 0.2) is 22.7 Å². The number of hydrogen-bond donors (Lipinski definition) is 1. The first-order valence-corrected chi connectivity index (χ1v) is 7.33. The summed E-state index contributed by atoms with van der Waals surface area (Å²) in [4.78, 5) is 17.4. The Morgan fingerprint density at radius 3 is 3.17 bits per heavy atom. The first-order chi connectivity index (χ1) is 12.8. The highest BCUT2D eigenvalue weighted by Crippen LogP contribution is 2.33. The van der Waals surface area contributed by atoms with Crippen molar-refractivity contribution in [3.8, 4) is 11.4 Å². The monoisotopic (exact) mass is 328 g/mol. The van der Waals surface area contributed by atoms with E-state index in [0.717, 1.165) is 24.0 Å². The molecule has 2 heterocycles. The van der Waals surface area contributed by atoms with E-state index >= 15 is 0 Å². The second-order valence-corrected chi connectivity index (χ2v) is 5.50. The van der Waals surface area contributed by atoms with E-state index in [2.05, 4.69) is 30.9 Å². The largest absolute Gasteiger partial charge is 0.342 e. The van der Waals surface area contributed by atoms with Crippen molar-refractivity contribution in [2.75, 3.05) is 0 Å². The fourth-order valence-electron chi connectivity index (χ4n) is 2.85. The second kappa shape index (κ2) is 5.52. The molecular formula is C15H15N7O2. The molecule has 3 aromatic rings. The maximum absolute atomic E-state index is 12.2. The smallest absolute Gasteiger partial charge is 0.293 e. The Labute approximate surface area is 141 Å². The normalized spacial score (nSPS) is 18.5. The van der Waals surface area contributed by atoms with Gasteiger partial charge < -0.3 is 9.84 Å². The van der Waals surface area contributed by atoms with Crippen molar-refractivity contribution in [1.29, 1.82) is 0 Å². The summed E-state index contributed by atoms with van der Waals surface area (Å²) in [6, 6.07) is 5.38. The molecule has 24 heavy (non-hydrogen) atoms. The van der Waals surface area contributed by atoms with Crippen molar-refractivity contribution in [2.45, 2.75) is 25.7 Å². The fourth-order valence-corrected chi connectivity index (χ4v) is 2.85. The number of carbonyl (C=O) groups is 1. The van der Waals surface area contributed by atoms with Crippen LogP contribution >= 0.6 is 0 Å². The van der Waals surface area contributed by atoms with Gasteiger partial charge in [0.2, 0.25) is 11.7 Å². The number of fused-ring (bicyclic) bond motifs is 1. The molecule has 4 rings (SSSR count). The van der Waals surface area contributed by atoms with Gasteiger partial charge in [-0.2, -0.15) is 9.78 Å². The molecule has 9 heteroatoms. The number of amides is 1. The molecule has 1 aliphatic rings. The number of hydrogen-bond acceptors (Lipinski definition) is 7. The zero-order valence-corrected chi connectivity index (χ0v) is 12.7. The molecule has 0 saturated heterocycles. The predicted octanol–water partition coefficient (Wildman–Crippen LogP) is 0.986. The van der Waals surface area contributed by atoms with E-state index in [-0.39, 0.29) is 29.5 Å². The Bertz CT molecular complexity index is 1010. The third kappa shape index (κ3) is 2.53. The van der Waals surface area contributed by atoms with E-state index < -0.39 is 6.85 Å². The van der Waals surface area contributed by atoms with Crippen LogP contribution in [0.1, 0.15) is 44.2 Å². The molecule has 9 nitrogen and oxygen atoms in total. The van der Waals surface area contributed by atoms with Crippen molar-refractivity contribution in [1.82, 2.24) is 35.7 Å². The van der Waals surface area contributed by atoms with Gasteiger partial charge >= 0.3 is 0 Å². The first-order valence-electron chi connectivity index (χ1n) is 8.83. The molecule has 1 aromatic carbocycles. The van der Waals surface area contributed by atoms with Crippen molar-refractivity contribution in [3.05, 3.63) is 41.0 Å². The van der Waals surface area contributed by atoms with Gasteiger partial charge in [-0.05, 0) is 35.2 Å². The minimum absolute atomic E-state index is 0.0200. The fraction of sp³-hybridized carbons (Fsp3) is 0.333. The molecular weight excluding hydrogens is 310 g/mol. The van der Waals surface area contributed by atoms with Crippen LogP contribution in [0.4, 0.5) is 0 Å². The summed E-state index contributed by atoms with van der Waals surface area (Å²) in [6.45, 7) is -2.44. The molecule has 1 atom stereocenters. The molecule has 2 aromatic heterocycles. The van der Waals surface area contributed by atoms with E-state index in [4.69, 9.17) is 8.64 Å². The maximum Gasteiger partial charge on any atom is 0.293 e. The molecule has 122 valence electrons. The van der Waals surface area contributed by atoms with Crippen LogP contribution in [0.25, 0.3) is 11.4 Å². The van der Waals surface area contributed by atoms with E-state index in [1.54, 1.807) is 13.1 Å². The zero-order chi connectivity index (χ0) is 19.2. The van der Waals surface area contributed by atoms with Gasteiger partial charge in [-0.1, -0.05) is 17.3 Å². The summed E-state index contributed by atoms with van der Waals surface area (Å²) >= 11 is 0. The number of nitrogens with zero attached hydrogens (tertiary/aromatic N) is 6. The molecule has 1 aliphatic carbocycles. The third-order valence-electron chi connectivity index (χ3n) is 3.92. The van der Waals surface area contributed by atoms with Gasteiger partial charge in [0.15, 0.2) is 0 Å². The highest BCUT2D eigenvalue weighted by atomic mass is 16.5. The molecule has 1 amide bonds. The first kappa shape index (κ1) is 11.4. The number of aryl methyl sites for hydroxylation is 3. The molecule has 0 unspecified atom stereocenters. The Balaban J connectivity index is 1.54. The Hall–Kier alpha value is -3.10. The zero-order valence-electron chi connectivity index (χ0n) is 15.7. The lowest BCUT2D eigenvalue weighted by Gasteiger charge is -2.12. The van der Waals surface area contributed by atoms with E-state index in [1.807, 2.05) is 12.1 Å². The third-order valence-corrected chi connectivity index (χ3v) is 3.92. The molecule has 0 bridgehead atoms. The quantitative estimate of drug-likeness (QED) is 0.763. The summed E-state index contributed by atoms with van der Waals surface area (Å²) < 4.78 is 26.8. The summed E-state index contributed by atoms with van der Waals surface area (Å²) in [7, 11) is 1.59. The maximum atomic E-state index is 12.2. The molecule has 0 radical (unpaired) electrons. The molecule has 0 fully saturated rings. The Kier molecular flexibility index (Phi) is 2.63. The summed E-state index contributed by atoms with van der Waals surface area (Å²) in [5.74, 6) is -0.531. The van der Waals surface area contributed by atoms with Crippen LogP contribution < -0.4 is 5.32 Å². The highest BCUT2D eigenvalue weighted by molar-refractivity contribution is 5.90. The van der Waals surface area contributed by atoms with Gasteiger partial charge in [0.05, 0.1) is 13.1 Å². The van der Waals surface area contributed by atoms with E-state index in [9.17, 15) is 4.79 Å². The van der Waals surface area contributed by atoms with Crippen molar-refractivity contribution in [3.63, 3.8) is 0 Å². The average molecular weight is 328 g/mol. The lowest BCUT2D eigenvalue weighted by Crippen LogP contribution is -2.28. The van der Waals surface area contributed by atoms with Crippen LogP contribution in [0.3, 0.4) is 0 Å². The van der Waals surface area contributed by atoms with Crippen molar-refractivity contribution in [2.24, 2.45) is 7.05 Å². The van der Waals surface area contributed by atoms with Crippen LogP contribution in [0.2, 0.25) is 0 Å². The molecule has 0 spiro atoms. The van der Waals surface area contributed by atoms with Crippen LogP contribution in [0.5, 0.6) is 0 Å². The summed E-state index contributed by atoms with van der Waals surface area (Å²) in [6.07, 6.45) is 1.49. The van der Waals surface area contributed by atoms with E-state index in [1.165, 1.54) is 4.80 Å². The topological polar surface area (TPSA) is 112 Å². The number of benzene rings is 1. The number of aromatic nitrogens is 6. The SMILES string of the molecule is [2H]C([2H])([2H])c1nc(-c2ccc3c(c2)CC[C@H]3NC(=O)c2nnn(C)n2)no1. The molecule has 1 N–H and O–H groups in total. The number of carbonyl (C=O) groups excluding carboxylic acids is 1. The minimum atomic E-state index is -2.44. The van der Waals surface area contributed by atoms with Crippen molar-refractivity contribution < 1.29 is 13.4 Å². The van der Waals surface area contributed by atoms with E-state index in [0.29, 0.717) is 5.56 Å². The van der Waals surface area contributed by atoms with Gasteiger partial charge in [-0.3, -0.25) is 4.79 Å². The van der Waals surface area contributed by atoms with Gasteiger partial charge in [-0.25, -0.2) is 0 Å². The van der Waals surface area contributed by atoms with Gasteiger partial charge in [0, 0.05) is 16.5 Å². The highest BCUT2D eigenvalue weighted by Gasteiger charge is 2.26. The minimum Gasteiger partial charge on any atom is -0.342 e.